The molecule has 0 saturated heterocycles. The molecular weight excluding hydrogens is 402 g/mol. The quantitative estimate of drug-likeness (QED) is 0.409. The molecule has 1 heterocycles. The van der Waals surface area contributed by atoms with E-state index in [-0.39, 0.29) is 15.5 Å². The van der Waals surface area contributed by atoms with Gasteiger partial charge in [-0.3, -0.25) is 14.9 Å². The SMILES string of the molecule is NNC(=O)c1cc(Br)ccc1NS(=O)(=O)c1ccc(Cl)s1. The van der Waals surface area contributed by atoms with Crippen LogP contribution in [0.25, 0.3) is 0 Å². The van der Waals surface area contributed by atoms with E-state index in [4.69, 9.17) is 17.4 Å². The Kier molecular flexibility index (Phi) is 4.89. The number of anilines is 1. The van der Waals surface area contributed by atoms with Gasteiger partial charge in [-0.1, -0.05) is 27.5 Å². The number of nitrogens with one attached hydrogen (secondary N) is 2. The highest BCUT2D eigenvalue weighted by Gasteiger charge is 2.20. The molecule has 2 aromatic rings. The molecule has 1 aromatic carbocycles. The summed E-state index contributed by atoms with van der Waals surface area (Å²) >= 11 is 9.86. The topological polar surface area (TPSA) is 101 Å². The Morgan fingerprint density at radius 1 is 1.29 bits per heavy atom. The number of nitrogen functional groups attached to an aromatic ring is 1. The van der Waals surface area contributed by atoms with Crippen molar-refractivity contribution in [3.05, 3.63) is 44.7 Å². The number of hydrazine groups is 1. The third kappa shape index (κ3) is 3.74. The van der Waals surface area contributed by atoms with Crippen LogP contribution in [0.5, 0.6) is 0 Å². The Morgan fingerprint density at radius 2 is 2.00 bits per heavy atom. The maximum absolute atomic E-state index is 12.2. The number of sulfonamides is 1. The Morgan fingerprint density at radius 3 is 2.57 bits per heavy atom. The number of nitrogens with two attached hydrogens (primary N) is 1. The fourth-order valence-electron chi connectivity index (χ4n) is 1.51. The van der Waals surface area contributed by atoms with Crippen LogP contribution >= 0.6 is 38.9 Å². The van der Waals surface area contributed by atoms with Crippen molar-refractivity contribution in [1.82, 2.24) is 5.43 Å². The molecule has 112 valence electrons. The lowest BCUT2D eigenvalue weighted by Gasteiger charge is -2.11. The minimum atomic E-state index is -3.82. The first-order chi connectivity index (χ1) is 9.83. The second-order valence-electron chi connectivity index (χ2n) is 3.83. The maximum atomic E-state index is 12.2. The molecule has 0 aliphatic rings. The molecule has 0 atom stereocenters. The highest BCUT2D eigenvalue weighted by molar-refractivity contribution is 9.10. The van der Waals surface area contributed by atoms with Crippen LogP contribution < -0.4 is 16.0 Å². The fourth-order valence-corrected chi connectivity index (χ4v) is 4.43. The molecule has 6 nitrogen and oxygen atoms in total. The van der Waals surface area contributed by atoms with Crippen molar-refractivity contribution in [3.63, 3.8) is 0 Å². The van der Waals surface area contributed by atoms with Gasteiger partial charge in [0.1, 0.15) is 4.21 Å². The van der Waals surface area contributed by atoms with E-state index in [1.54, 1.807) is 6.07 Å². The average Bonchev–Trinajstić information content (AvgIpc) is 2.87. The Balaban J connectivity index is 2.42. The molecule has 1 amide bonds. The van der Waals surface area contributed by atoms with Crippen molar-refractivity contribution in [2.75, 3.05) is 4.72 Å². The lowest BCUT2D eigenvalue weighted by Crippen LogP contribution is -2.31. The first kappa shape index (κ1) is 16.2. The summed E-state index contributed by atoms with van der Waals surface area (Å²) in [6.07, 6.45) is 0. The average molecular weight is 411 g/mol. The molecule has 0 aliphatic carbocycles. The third-order valence-corrected chi connectivity index (χ3v) is 6.00. The van der Waals surface area contributed by atoms with Crippen molar-refractivity contribution in [2.24, 2.45) is 5.84 Å². The van der Waals surface area contributed by atoms with Crippen molar-refractivity contribution >= 4 is 60.5 Å². The van der Waals surface area contributed by atoms with E-state index in [1.165, 1.54) is 24.3 Å². The number of hydrogen-bond donors (Lipinski definition) is 3. The van der Waals surface area contributed by atoms with Gasteiger partial charge in [0, 0.05) is 4.47 Å². The minimum absolute atomic E-state index is 0.0505. The number of thiophene rings is 1. The summed E-state index contributed by atoms with van der Waals surface area (Å²) in [5.41, 5.74) is 2.18. The van der Waals surface area contributed by atoms with E-state index >= 15 is 0 Å². The van der Waals surface area contributed by atoms with Crippen LogP contribution in [0, 0.1) is 0 Å². The first-order valence-electron chi connectivity index (χ1n) is 5.42. The number of carbonyl (C=O) groups is 1. The number of hydrogen-bond acceptors (Lipinski definition) is 5. The lowest BCUT2D eigenvalue weighted by atomic mass is 10.2. The monoisotopic (exact) mass is 409 g/mol. The van der Waals surface area contributed by atoms with Gasteiger partial charge in [0.15, 0.2) is 0 Å². The number of benzene rings is 1. The van der Waals surface area contributed by atoms with E-state index in [0.717, 1.165) is 11.3 Å². The summed E-state index contributed by atoms with van der Waals surface area (Å²) in [4.78, 5) is 11.7. The van der Waals surface area contributed by atoms with Crippen molar-refractivity contribution in [2.45, 2.75) is 4.21 Å². The lowest BCUT2D eigenvalue weighted by molar-refractivity contribution is 0.0954. The predicted octanol–water partition coefficient (Wildman–Crippen LogP) is 2.57. The van der Waals surface area contributed by atoms with Gasteiger partial charge < -0.3 is 0 Å². The van der Waals surface area contributed by atoms with Crippen molar-refractivity contribution < 1.29 is 13.2 Å². The minimum Gasteiger partial charge on any atom is -0.290 e. The van der Waals surface area contributed by atoms with Gasteiger partial charge in [-0.2, -0.15) is 0 Å². The second-order valence-corrected chi connectivity index (χ2v) is 8.37. The molecule has 0 unspecified atom stereocenters. The molecule has 0 saturated carbocycles. The van der Waals surface area contributed by atoms with E-state index in [9.17, 15) is 13.2 Å². The molecular formula is C11H9BrClN3O3S2. The molecule has 1 aromatic heterocycles. The number of amides is 1. The zero-order valence-corrected chi connectivity index (χ0v) is 14.2. The van der Waals surface area contributed by atoms with Crippen molar-refractivity contribution in [1.29, 1.82) is 0 Å². The standard InChI is InChI=1S/C11H9BrClN3O3S2/c12-6-1-2-8(7(5-6)11(17)15-14)16-21(18,19)10-4-3-9(13)20-10/h1-5,16H,14H2,(H,15,17). The number of halogens is 2. The highest BCUT2D eigenvalue weighted by atomic mass is 79.9. The molecule has 10 heteroatoms. The van der Waals surface area contributed by atoms with E-state index in [2.05, 4.69) is 20.7 Å². The number of rotatable bonds is 4. The summed E-state index contributed by atoms with van der Waals surface area (Å²) in [6, 6.07) is 7.39. The molecule has 21 heavy (non-hydrogen) atoms. The van der Waals surface area contributed by atoms with E-state index in [1.807, 2.05) is 5.43 Å². The van der Waals surface area contributed by atoms with Gasteiger partial charge in [0.05, 0.1) is 15.6 Å². The normalized spacial score (nSPS) is 11.2. The Hall–Kier alpha value is -1.13. The molecule has 0 fully saturated rings. The summed E-state index contributed by atoms with van der Waals surface area (Å²) < 4.78 is 27.8. The summed E-state index contributed by atoms with van der Waals surface area (Å²) in [7, 11) is -3.82. The van der Waals surface area contributed by atoms with Gasteiger partial charge in [0.25, 0.3) is 15.9 Å². The maximum Gasteiger partial charge on any atom is 0.271 e. The fraction of sp³-hybridized carbons (Fsp3) is 0. The zero-order valence-electron chi connectivity index (χ0n) is 10.3. The number of carbonyl (C=O) groups excluding carboxylic acids is 1. The van der Waals surface area contributed by atoms with Gasteiger partial charge in [-0.15, -0.1) is 11.3 Å². The molecule has 0 aliphatic heterocycles. The summed E-state index contributed by atoms with van der Waals surface area (Å²) in [5, 5.41) is 0. The molecule has 2 rings (SSSR count). The summed E-state index contributed by atoms with van der Waals surface area (Å²) in [6.45, 7) is 0. The smallest absolute Gasteiger partial charge is 0.271 e. The Labute approximate surface area is 138 Å². The second kappa shape index (κ2) is 6.32. The summed E-state index contributed by atoms with van der Waals surface area (Å²) in [5.74, 6) is 4.48. The molecule has 4 N–H and O–H groups in total. The molecule has 0 radical (unpaired) electrons. The van der Waals surface area contributed by atoms with Crippen LogP contribution in [0.2, 0.25) is 4.34 Å². The van der Waals surface area contributed by atoms with Crippen LogP contribution in [0.3, 0.4) is 0 Å². The third-order valence-electron chi connectivity index (χ3n) is 2.42. The Bertz CT molecular complexity index is 792. The van der Waals surface area contributed by atoms with Crippen LogP contribution in [0.4, 0.5) is 5.69 Å². The molecule has 0 spiro atoms. The predicted molar refractivity (Wildman–Crippen MR) is 85.9 cm³/mol. The van der Waals surface area contributed by atoms with E-state index < -0.39 is 15.9 Å². The van der Waals surface area contributed by atoms with Gasteiger partial charge in [0.2, 0.25) is 0 Å². The van der Waals surface area contributed by atoms with Gasteiger partial charge in [-0.05, 0) is 30.3 Å². The first-order valence-corrected chi connectivity index (χ1v) is 8.89. The largest absolute Gasteiger partial charge is 0.290 e. The van der Waals surface area contributed by atoms with Crippen LogP contribution in [-0.2, 0) is 10.0 Å². The van der Waals surface area contributed by atoms with Gasteiger partial charge in [-0.25, -0.2) is 14.3 Å². The van der Waals surface area contributed by atoms with E-state index in [0.29, 0.717) is 8.81 Å². The van der Waals surface area contributed by atoms with Crippen LogP contribution in [0.15, 0.2) is 39.0 Å². The highest BCUT2D eigenvalue weighted by Crippen LogP contribution is 2.29. The molecule has 0 bridgehead atoms. The van der Waals surface area contributed by atoms with Crippen LogP contribution in [0.1, 0.15) is 10.4 Å². The van der Waals surface area contributed by atoms with Crippen molar-refractivity contribution in [3.8, 4) is 0 Å². The van der Waals surface area contributed by atoms with Gasteiger partial charge >= 0.3 is 0 Å². The van der Waals surface area contributed by atoms with Crippen LogP contribution in [-0.4, -0.2) is 14.3 Å². The zero-order chi connectivity index (χ0) is 15.6.